The van der Waals surface area contributed by atoms with Crippen LogP contribution in [0.25, 0.3) is 0 Å². The molecule has 7 heteroatoms. The van der Waals surface area contributed by atoms with Crippen LogP contribution < -0.4 is 5.73 Å². The van der Waals surface area contributed by atoms with E-state index in [4.69, 9.17) is 5.73 Å². The van der Waals surface area contributed by atoms with E-state index in [2.05, 4.69) is 4.90 Å². The van der Waals surface area contributed by atoms with Gasteiger partial charge < -0.3 is 5.73 Å². The average Bonchev–Trinajstić information content (AvgIpc) is 2.74. The maximum Gasteiger partial charge on any atom is 0.243 e. The maximum absolute atomic E-state index is 13.4. The molecule has 5 nitrogen and oxygen atoms in total. The van der Waals surface area contributed by atoms with Gasteiger partial charge in [-0.05, 0) is 50.6 Å². The van der Waals surface area contributed by atoms with E-state index in [0.29, 0.717) is 13.1 Å². The Balaban J connectivity index is 1.89. The SMILES string of the molecule is Nc1cc(F)cc(S(=O)(=O)N2CCCN3CCCC3C2)c1. The summed E-state index contributed by atoms with van der Waals surface area (Å²) >= 11 is 0. The first-order valence-corrected chi connectivity index (χ1v) is 8.71. The fourth-order valence-electron chi connectivity index (χ4n) is 3.27. The van der Waals surface area contributed by atoms with E-state index >= 15 is 0 Å². The highest BCUT2D eigenvalue weighted by Crippen LogP contribution is 2.26. The Morgan fingerprint density at radius 1 is 1.14 bits per heavy atom. The fourth-order valence-corrected chi connectivity index (χ4v) is 4.86. The van der Waals surface area contributed by atoms with Crippen molar-refractivity contribution in [1.82, 2.24) is 9.21 Å². The summed E-state index contributed by atoms with van der Waals surface area (Å²) in [5.74, 6) is -0.620. The molecule has 116 valence electrons. The molecule has 1 aromatic carbocycles. The molecule has 2 saturated heterocycles. The Labute approximate surface area is 124 Å². The van der Waals surface area contributed by atoms with Crippen LogP contribution in [0.15, 0.2) is 23.1 Å². The molecule has 1 aromatic rings. The monoisotopic (exact) mass is 313 g/mol. The Bertz CT molecular complexity index is 615. The standard InChI is InChI=1S/C14H20FN3O2S/c15-11-7-12(16)9-14(8-11)21(19,20)18-6-2-5-17-4-1-3-13(17)10-18/h7-9,13H,1-6,10,16H2. The minimum absolute atomic E-state index is 0.0496. The predicted octanol–water partition coefficient (Wildman–Crippen LogP) is 1.27. The number of nitrogens with two attached hydrogens (primary N) is 1. The molecule has 0 aliphatic carbocycles. The minimum atomic E-state index is -3.68. The molecule has 1 atom stereocenters. The van der Waals surface area contributed by atoms with Gasteiger partial charge in [0.05, 0.1) is 4.90 Å². The van der Waals surface area contributed by atoms with E-state index in [0.717, 1.165) is 44.5 Å². The molecular weight excluding hydrogens is 293 g/mol. The van der Waals surface area contributed by atoms with Gasteiger partial charge in [0.1, 0.15) is 5.82 Å². The van der Waals surface area contributed by atoms with Crippen molar-refractivity contribution in [3.05, 3.63) is 24.0 Å². The molecule has 2 N–H and O–H groups in total. The van der Waals surface area contributed by atoms with Crippen LogP contribution in [0.1, 0.15) is 19.3 Å². The molecule has 21 heavy (non-hydrogen) atoms. The summed E-state index contributed by atoms with van der Waals surface area (Å²) in [6.07, 6.45) is 2.95. The first-order valence-electron chi connectivity index (χ1n) is 7.27. The highest BCUT2D eigenvalue weighted by Gasteiger charge is 2.34. The van der Waals surface area contributed by atoms with Crippen molar-refractivity contribution in [2.24, 2.45) is 0 Å². The van der Waals surface area contributed by atoms with Gasteiger partial charge in [0.2, 0.25) is 10.0 Å². The molecule has 0 radical (unpaired) electrons. The summed E-state index contributed by atoms with van der Waals surface area (Å²) in [6, 6.07) is 3.78. The fraction of sp³-hybridized carbons (Fsp3) is 0.571. The summed E-state index contributed by atoms with van der Waals surface area (Å²) in [5, 5.41) is 0. The van der Waals surface area contributed by atoms with Crippen LogP contribution >= 0.6 is 0 Å². The summed E-state index contributed by atoms with van der Waals surface area (Å²) in [6.45, 7) is 2.94. The van der Waals surface area contributed by atoms with Crippen LogP contribution in [0.5, 0.6) is 0 Å². The second-order valence-corrected chi connectivity index (χ2v) is 7.71. The molecule has 1 unspecified atom stereocenters. The molecule has 0 amide bonds. The number of fused-ring (bicyclic) bond motifs is 1. The van der Waals surface area contributed by atoms with Crippen LogP contribution in [-0.2, 0) is 10.0 Å². The molecule has 0 bridgehead atoms. The third-order valence-electron chi connectivity index (χ3n) is 4.30. The van der Waals surface area contributed by atoms with E-state index in [-0.39, 0.29) is 16.6 Å². The molecule has 2 fully saturated rings. The van der Waals surface area contributed by atoms with E-state index in [9.17, 15) is 12.8 Å². The topological polar surface area (TPSA) is 66.6 Å². The van der Waals surface area contributed by atoms with Crippen molar-refractivity contribution in [3.8, 4) is 0 Å². The number of benzene rings is 1. The van der Waals surface area contributed by atoms with Gasteiger partial charge in [0, 0.05) is 24.8 Å². The van der Waals surface area contributed by atoms with Gasteiger partial charge >= 0.3 is 0 Å². The number of anilines is 1. The molecule has 2 aliphatic heterocycles. The number of rotatable bonds is 2. The Hall–Kier alpha value is -1.18. The van der Waals surface area contributed by atoms with Crippen molar-refractivity contribution >= 4 is 15.7 Å². The smallest absolute Gasteiger partial charge is 0.243 e. The quantitative estimate of drug-likeness (QED) is 0.835. The summed E-state index contributed by atoms with van der Waals surface area (Å²) < 4.78 is 40.4. The van der Waals surface area contributed by atoms with Crippen molar-refractivity contribution in [2.75, 3.05) is 31.9 Å². The van der Waals surface area contributed by atoms with Gasteiger partial charge in [-0.25, -0.2) is 12.8 Å². The lowest BCUT2D eigenvalue weighted by atomic mass is 10.2. The van der Waals surface area contributed by atoms with Crippen LogP contribution in [0.4, 0.5) is 10.1 Å². The molecule has 0 spiro atoms. The lowest BCUT2D eigenvalue weighted by Crippen LogP contribution is -2.39. The molecule has 0 saturated carbocycles. The first-order chi connectivity index (χ1) is 9.96. The van der Waals surface area contributed by atoms with E-state index in [1.165, 1.54) is 10.4 Å². The number of nitrogen functional groups attached to an aromatic ring is 1. The number of hydrogen-bond donors (Lipinski definition) is 1. The Morgan fingerprint density at radius 3 is 2.67 bits per heavy atom. The van der Waals surface area contributed by atoms with E-state index < -0.39 is 15.8 Å². The van der Waals surface area contributed by atoms with Crippen LogP contribution in [0.3, 0.4) is 0 Å². The Kier molecular flexibility index (Phi) is 3.90. The summed E-state index contributed by atoms with van der Waals surface area (Å²) in [7, 11) is -3.68. The Morgan fingerprint density at radius 2 is 1.90 bits per heavy atom. The normalized spacial score (nSPS) is 24.7. The number of hydrogen-bond acceptors (Lipinski definition) is 4. The van der Waals surface area contributed by atoms with Gasteiger partial charge in [-0.3, -0.25) is 4.90 Å². The lowest BCUT2D eigenvalue weighted by molar-refractivity contribution is 0.257. The van der Waals surface area contributed by atoms with Gasteiger partial charge in [0.15, 0.2) is 0 Å². The first kappa shape index (κ1) is 14.7. The highest BCUT2D eigenvalue weighted by atomic mass is 32.2. The molecule has 2 heterocycles. The minimum Gasteiger partial charge on any atom is -0.399 e. The molecule has 2 aliphatic rings. The summed E-state index contributed by atoms with van der Waals surface area (Å²) in [5.41, 5.74) is 5.70. The zero-order valence-corrected chi connectivity index (χ0v) is 12.7. The molecular formula is C14H20FN3O2S. The van der Waals surface area contributed by atoms with Crippen molar-refractivity contribution < 1.29 is 12.8 Å². The van der Waals surface area contributed by atoms with E-state index in [1.807, 2.05) is 0 Å². The van der Waals surface area contributed by atoms with Gasteiger partial charge in [-0.15, -0.1) is 0 Å². The average molecular weight is 313 g/mol. The van der Waals surface area contributed by atoms with Crippen molar-refractivity contribution in [3.63, 3.8) is 0 Å². The zero-order chi connectivity index (χ0) is 15.0. The number of nitrogens with zero attached hydrogens (tertiary/aromatic N) is 2. The zero-order valence-electron chi connectivity index (χ0n) is 11.8. The van der Waals surface area contributed by atoms with Gasteiger partial charge in [0.25, 0.3) is 0 Å². The second kappa shape index (κ2) is 5.55. The molecule has 3 rings (SSSR count). The highest BCUT2D eigenvalue weighted by molar-refractivity contribution is 7.89. The third kappa shape index (κ3) is 2.90. The van der Waals surface area contributed by atoms with Crippen molar-refractivity contribution in [1.29, 1.82) is 0 Å². The number of halogens is 1. The van der Waals surface area contributed by atoms with Gasteiger partial charge in [-0.2, -0.15) is 4.31 Å². The predicted molar refractivity (Wildman–Crippen MR) is 78.8 cm³/mol. The van der Waals surface area contributed by atoms with Crippen LogP contribution in [0, 0.1) is 5.82 Å². The van der Waals surface area contributed by atoms with Crippen LogP contribution in [0.2, 0.25) is 0 Å². The van der Waals surface area contributed by atoms with Gasteiger partial charge in [-0.1, -0.05) is 0 Å². The second-order valence-electron chi connectivity index (χ2n) is 5.77. The summed E-state index contributed by atoms with van der Waals surface area (Å²) in [4.78, 5) is 2.31. The third-order valence-corrected chi connectivity index (χ3v) is 6.14. The molecule has 0 aromatic heterocycles. The maximum atomic E-state index is 13.4. The largest absolute Gasteiger partial charge is 0.399 e. The van der Waals surface area contributed by atoms with Crippen molar-refractivity contribution in [2.45, 2.75) is 30.2 Å². The lowest BCUT2D eigenvalue weighted by Gasteiger charge is -2.25. The van der Waals surface area contributed by atoms with Crippen LogP contribution in [-0.4, -0.2) is 49.8 Å². The number of sulfonamides is 1. The van der Waals surface area contributed by atoms with E-state index in [1.54, 1.807) is 0 Å².